The molecule has 19 heavy (non-hydrogen) atoms. The van der Waals surface area contributed by atoms with Gasteiger partial charge in [0.1, 0.15) is 5.69 Å². The number of benzene rings is 1. The van der Waals surface area contributed by atoms with E-state index in [0.717, 1.165) is 11.3 Å². The van der Waals surface area contributed by atoms with Crippen LogP contribution in [0.1, 0.15) is 28.4 Å². The first kappa shape index (κ1) is 13.5. The van der Waals surface area contributed by atoms with E-state index in [0.29, 0.717) is 5.88 Å². The molecular weight excluding hydrogens is 238 g/mol. The van der Waals surface area contributed by atoms with Gasteiger partial charge in [0.15, 0.2) is 0 Å². The van der Waals surface area contributed by atoms with E-state index >= 15 is 0 Å². The molecule has 1 N–H and O–H groups in total. The van der Waals surface area contributed by atoms with Crippen molar-refractivity contribution in [2.45, 2.75) is 19.9 Å². The Bertz CT molecular complexity index is 569. The lowest BCUT2D eigenvalue weighted by Crippen LogP contribution is -2.20. The number of methoxy groups -OCH3 is 1. The maximum absolute atomic E-state index is 5.29. The molecule has 4 heteroatoms. The molecule has 1 aromatic carbocycles. The van der Waals surface area contributed by atoms with Crippen LogP contribution in [0.2, 0.25) is 0 Å². The molecule has 100 valence electrons. The average Bonchev–Trinajstić information content (AvgIpc) is 2.44. The van der Waals surface area contributed by atoms with Crippen LogP contribution in [-0.2, 0) is 0 Å². The molecule has 2 aromatic rings. The Hall–Kier alpha value is -1.94. The predicted molar refractivity (Wildman–Crippen MR) is 75.4 cm³/mol. The van der Waals surface area contributed by atoms with Crippen molar-refractivity contribution >= 4 is 0 Å². The molecule has 1 unspecified atom stereocenters. The molecular formula is C15H19N3O. The minimum absolute atomic E-state index is 0.0250. The second kappa shape index (κ2) is 5.80. The maximum Gasteiger partial charge on any atom is 0.237 e. The Morgan fingerprint density at radius 1 is 1.11 bits per heavy atom. The molecule has 0 saturated carbocycles. The molecule has 0 fully saturated rings. The number of rotatable bonds is 4. The first-order valence-electron chi connectivity index (χ1n) is 6.26. The average molecular weight is 257 g/mol. The zero-order valence-electron chi connectivity index (χ0n) is 11.8. The fourth-order valence-corrected chi connectivity index (χ4v) is 2.10. The van der Waals surface area contributed by atoms with Crippen LogP contribution < -0.4 is 10.1 Å². The van der Waals surface area contributed by atoms with Gasteiger partial charge in [-0.25, -0.2) is 4.98 Å². The minimum atomic E-state index is -0.0250. The van der Waals surface area contributed by atoms with Crippen molar-refractivity contribution in [2.75, 3.05) is 14.2 Å². The number of nitrogens with one attached hydrogen (secondary N) is 1. The van der Waals surface area contributed by atoms with Crippen molar-refractivity contribution in [2.24, 2.45) is 0 Å². The van der Waals surface area contributed by atoms with Crippen LogP contribution in [0.15, 0.2) is 30.6 Å². The summed E-state index contributed by atoms with van der Waals surface area (Å²) in [5.41, 5.74) is 4.51. The highest BCUT2D eigenvalue weighted by Crippen LogP contribution is 2.27. The zero-order chi connectivity index (χ0) is 13.8. The van der Waals surface area contributed by atoms with Gasteiger partial charge in [0.2, 0.25) is 5.88 Å². The number of hydrogen-bond donors (Lipinski definition) is 1. The Morgan fingerprint density at radius 2 is 1.84 bits per heavy atom. The van der Waals surface area contributed by atoms with E-state index in [4.69, 9.17) is 4.74 Å². The van der Waals surface area contributed by atoms with E-state index in [1.54, 1.807) is 19.5 Å². The third kappa shape index (κ3) is 2.74. The summed E-state index contributed by atoms with van der Waals surface area (Å²) in [6, 6.07) is 6.38. The van der Waals surface area contributed by atoms with Crippen LogP contribution in [0.25, 0.3) is 0 Å². The molecule has 0 aliphatic heterocycles. The first-order valence-corrected chi connectivity index (χ1v) is 6.26. The molecule has 2 rings (SSSR count). The van der Waals surface area contributed by atoms with Crippen LogP contribution in [0.3, 0.4) is 0 Å². The Morgan fingerprint density at radius 3 is 2.47 bits per heavy atom. The fourth-order valence-electron chi connectivity index (χ4n) is 2.10. The molecule has 0 spiro atoms. The smallest absolute Gasteiger partial charge is 0.237 e. The van der Waals surface area contributed by atoms with Gasteiger partial charge in [0.25, 0.3) is 0 Å². The van der Waals surface area contributed by atoms with Gasteiger partial charge in [0, 0.05) is 12.4 Å². The van der Waals surface area contributed by atoms with Gasteiger partial charge in [-0.15, -0.1) is 0 Å². The largest absolute Gasteiger partial charge is 0.480 e. The van der Waals surface area contributed by atoms with Crippen molar-refractivity contribution in [3.05, 3.63) is 53.0 Å². The summed E-state index contributed by atoms with van der Waals surface area (Å²) in [4.78, 5) is 8.61. The highest BCUT2D eigenvalue weighted by Gasteiger charge is 2.19. The van der Waals surface area contributed by atoms with E-state index in [9.17, 15) is 0 Å². The third-order valence-corrected chi connectivity index (χ3v) is 3.31. The van der Waals surface area contributed by atoms with Crippen molar-refractivity contribution in [1.29, 1.82) is 0 Å². The third-order valence-electron chi connectivity index (χ3n) is 3.31. The van der Waals surface area contributed by atoms with Crippen molar-refractivity contribution in [3.8, 4) is 5.88 Å². The lowest BCUT2D eigenvalue weighted by atomic mass is 9.99. The van der Waals surface area contributed by atoms with Gasteiger partial charge < -0.3 is 10.1 Å². The molecule has 1 atom stereocenters. The van der Waals surface area contributed by atoms with Crippen molar-refractivity contribution < 1.29 is 4.74 Å². The molecule has 0 aliphatic rings. The summed E-state index contributed by atoms with van der Waals surface area (Å²) in [7, 11) is 3.52. The summed E-state index contributed by atoms with van der Waals surface area (Å²) in [5, 5.41) is 3.27. The second-order valence-corrected chi connectivity index (χ2v) is 4.52. The van der Waals surface area contributed by atoms with Gasteiger partial charge >= 0.3 is 0 Å². The van der Waals surface area contributed by atoms with E-state index < -0.39 is 0 Å². The van der Waals surface area contributed by atoms with Crippen molar-refractivity contribution in [1.82, 2.24) is 15.3 Å². The molecule has 0 amide bonds. The first-order chi connectivity index (χ1) is 9.17. The lowest BCUT2D eigenvalue weighted by Gasteiger charge is -2.18. The summed E-state index contributed by atoms with van der Waals surface area (Å²) in [6.07, 6.45) is 3.32. The van der Waals surface area contributed by atoms with Gasteiger partial charge in [-0.2, -0.15) is 0 Å². The van der Waals surface area contributed by atoms with Gasteiger partial charge in [-0.3, -0.25) is 4.98 Å². The summed E-state index contributed by atoms with van der Waals surface area (Å²) >= 11 is 0. The van der Waals surface area contributed by atoms with Gasteiger partial charge in [-0.1, -0.05) is 18.2 Å². The van der Waals surface area contributed by atoms with Crippen LogP contribution in [0, 0.1) is 13.8 Å². The SMILES string of the molecule is CNC(c1ccc(C)c(C)c1)c1nccnc1OC. The van der Waals surface area contributed by atoms with E-state index in [2.05, 4.69) is 47.3 Å². The molecule has 4 nitrogen and oxygen atoms in total. The highest BCUT2D eigenvalue weighted by atomic mass is 16.5. The van der Waals surface area contributed by atoms with E-state index in [1.165, 1.54) is 11.1 Å². The molecule has 0 bridgehead atoms. The number of hydrogen-bond acceptors (Lipinski definition) is 4. The topological polar surface area (TPSA) is 47.0 Å². The summed E-state index contributed by atoms with van der Waals surface area (Å²) in [5.74, 6) is 0.556. The molecule has 0 radical (unpaired) electrons. The molecule has 0 saturated heterocycles. The van der Waals surface area contributed by atoms with Crippen LogP contribution in [0.5, 0.6) is 5.88 Å². The predicted octanol–water partition coefficient (Wildman–Crippen LogP) is 2.41. The normalized spacial score (nSPS) is 12.2. The Labute approximate surface area is 113 Å². The standard InChI is InChI=1S/C15H19N3O/c1-10-5-6-12(9-11(10)2)13(16-3)14-15(19-4)18-8-7-17-14/h5-9,13,16H,1-4H3. The monoisotopic (exact) mass is 257 g/mol. The molecule has 1 aromatic heterocycles. The summed E-state index contributed by atoms with van der Waals surface area (Å²) in [6.45, 7) is 4.22. The fraction of sp³-hybridized carbons (Fsp3) is 0.333. The number of nitrogens with zero attached hydrogens (tertiary/aromatic N) is 2. The second-order valence-electron chi connectivity index (χ2n) is 4.52. The Balaban J connectivity index is 2.46. The van der Waals surface area contributed by atoms with Crippen molar-refractivity contribution in [3.63, 3.8) is 0 Å². The van der Waals surface area contributed by atoms with E-state index in [-0.39, 0.29) is 6.04 Å². The highest BCUT2D eigenvalue weighted by molar-refractivity contribution is 5.37. The van der Waals surface area contributed by atoms with Gasteiger partial charge in [-0.05, 0) is 37.6 Å². The summed E-state index contributed by atoms with van der Waals surface area (Å²) < 4.78 is 5.29. The zero-order valence-corrected chi connectivity index (χ0v) is 11.8. The van der Waals surface area contributed by atoms with Crippen LogP contribution in [0.4, 0.5) is 0 Å². The lowest BCUT2D eigenvalue weighted by molar-refractivity contribution is 0.384. The molecule has 0 aliphatic carbocycles. The Kier molecular flexibility index (Phi) is 4.12. The van der Waals surface area contributed by atoms with Crippen LogP contribution >= 0.6 is 0 Å². The van der Waals surface area contributed by atoms with Crippen LogP contribution in [-0.4, -0.2) is 24.1 Å². The minimum Gasteiger partial charge on any atom is -0.480 e. The number of aryl methyl sites for hydroxylation is 2. The van der Waals surface area contributed by atoms with E-state index in [1.807, 2.05) is 7.05 Å². The molecule has 1 heterocycles. The number of ether oxygens (including phenoxy) is 1. The quantitative estimate of drug-likeness (QED) is 0.913. The van der Waals surface area contributed by atoms with Gasteiger partial charge in [0.05, 0.1) is 13.2 Å². The maximum atomic E-state index is 5.29. The number of aromatic nitrogens is 2.